The number of carboxylic acid groups (broad SMARTS) is 1. The van der Waals surface area contributed by atoms with E-state index in [1.807, 2.05) is 6.07 Å². The van der Waals surface area contributed by atoms with Crippen LogP contribution < -0.4 is 0 Å². The van der Waals surface area contributed by atoms with E-state index in [2.05, 4.69) is 48.5 Å². The lowest BCUT2D eigenvalue weighted by Crippen LogP contribution is -1.93. The Kier molecular flexibility index (Phi) is 6.69. The molecule has 0 aliphatic rings. The zero-order valence-electron chi connectivity index (χ0n) is 13.0. The van der Waals surface area contributed by atoms with Crippen LogP contribution in [0.1, 0.15) is 44.1 Å². The first kappa shape index (κ1) is 16.3. The first-order valence-corrected chi connectivity index (χ1v) is 8.12. The van der Waals surface area contributed by atoms with E-state index in [-0.39, 0.29) is 0 Å². The van der Waals surface area contributed by atoms with Gasteiger partial charge in [0.25, 0.3) is 0 Å². The molecule has 2 aromatic rings. The third-order valence-electron chi connectivity index (χ3n) is 3.92. The molecule has 0 unspecified atom stereocenters. The highest BCUT2D eigenvalue weighted by molar-refractivity contribution is 5.66. The zero-order chi connectivity index (χ0) is 15.6. The minimum absolute atomic E-state index is 0.306. The van der Waals surface area contributed by atoms with Crippen molar-refractivity contribution in [3.8, 4) is 11.1 Å². The van der Waals surface area contributed by atoms with Gasteiger partial charge in [0.05, 0.1) is 0 Å². The third-order valence-corrected chi connectivity index (χ3v) is 3.92. The highest BCUT2D eigenvalue weighted by atomic mass is 16.4. The summed E-state index contributed by atoms with van der Waals surface area (Å²) in [5, 5.41) is 8.57. The molecule has 0 spiro atoms. The highest BCUT2D eigenvalue weighted by Crippen LogP contribution is 2.20. The fraction of sp³-hybridized carbons (Fsp3) is 0.350. The van der Waals surface area contributed by atoms with Crippen molar-refractivity contribution in [3.63, 3.8) is 0 Å². The van der Waals surface area contributed by atoms with Crippen molar-refractivity contribution in [2.24, 2.45) is 0 Å². The predicted molar refractivity (Wildman–Crippen MR) is 90.9 cm³/mol. The van der Waals surface area contributed by atoms with Crippen LogP contribution >= 0.6 is 0 Å². The Morgan fingerprint density at radius 1 is 0.727 bits per heavy atom. The van der Waals surface area contributed by atoms with Crippen LogP contribution in [0.4, 0.5) is 0 Å². The molecule has 0 fully saturated rings. The topological polar surface area (TPSA) is 37.3 Å². The SMILES string of the molecule is O=C(O)CCCCCCCc1ccc(-c2ccccc2)cc1. The van der Waals surface area contributed by atoms with Crippen LogP contribution in [-0.2, 0) is 11.2 Å². The summed E-state index contributed by atoms with van der Waals surface area (Å²) < 4.78 is 0. The van der Waals surface area contributed by atoms with Crippen LogP contribution in [0.15, 0.2) is 54.6 Å². The minimum atomic E-state index is -0.682. The van der Waals surface area contributed by atoms with Crippen molar-refractivity contribution >= 4 is 5.97 Å². The van der Waals surface area contributed by atoms with Crippen molar-refractivity contribution in [1.82, 2.24) is 0 Å². The fourth-order valence-corrected chi connectivity index (χ4v) is 2.63. The maximum Gasteiger partial charge on any atom is 0.303 e. The molecular weight excluding hydrogens is 272 g/mol. The maximum absolute atomic E-state index is 10.4. The predicted octanol–water partition coefficient (Wildman–Crippen LogP) is 5.32. The van der Waals surface area contributed by atoms with Gasteiger partial charge >= 0.3 is 5.97 Å². The maximum atomic E-state index is 10.4. The molecule has 0 aliphatic heterocycles. The van der Waals surface area contributed by atoms with Crippen LogP contribution in [0.2, 0.25) is 0 Å². The molecule has 0 aliphatic carbocycles. The Morgan fingerprint density at radius 2 is 1.32 bits per heavy atom. The molecule has 2 rings (SSSR count). The molecular formula is C20H24O2. The molecule has 0 bridgehead atoms. The van der Waals surface area contributed by atoms with Gasteiger partial charge in [0.1, 0.15) is 0 Å². The third kappa shape index (κ3) is 5.72. The first-order valence-electron chi connectivity index (χ1n) is 8.12. The van der Waals surface area contributed by atoms with E-state index in [0.29, 0.717) is 6.42 Å². The second kappa shape index (κ2) is 9.04. The van der Waals surface area contributed by atoms with Crippen LogP contribution in [0, 0.1) is 0 Å². The number of rotatable bonds is 9. The molecule has 0 amide bonds. The van der Waals surface area contributed by atoms with Crippen LogP contribution in [-0.4, -0.2) is 11.1 Å². The average molecular weight is 296 g/mol. The summed E-state index contributed by atoms with van der Waals surface area (Å²) in [4.78, 5) is 10.4. The van der Waals surface area contributed by atoms with Crippen LogP contribution in [0.5, 0.6) is 0 Å². The standard InChI is InChI=1S/C20H24O2/c21-20(22)12-8-3-1-2-5-9-17-13-15-19(16-14-17)18-10-6-4-7-11-18/h4,6-7,10-11,13-16H,1-3,5,8-9,12H2,(H,21,22). The van der Waals surface area contributed by atoms with Crippen molar-refractivity contribution < 1.29 is 9.90 Å². The van der Waals surface area contributed by atoms with Crippen molar-refractivity contribution in [2.45, 2.75) is 44.9 Å². The van der Waals surface area contributed by atoms with Gasteiger partial charge < -0.3 is 5.11 Å². The molecule has 2 heteroatoms. The van der Waals surface area contributed by atoms with Gasteiger partial charge in [-0.05, 0) is 36.0 Å². The number of aliphatic carboxylic acids is 1. The minimum Gasteiger partial charge on any atom is -0.481 e. The zero-order valence-corrected chi connectivity index (χ0v) is 13.0. The summed E-state index contributed by atoms with van der Waals surface area (Å²) in [6.07, 6.45) is 6.74. The monoisotopic (exact) mass is 296 g/mol. The Morgan fingerprint density at radius 3 is 2.00 bits per heavy atom. The number of carboxylic acids is 1. The van der Waals surface area contributed by atoms with E-state index < -0.39 is 5.97 Å². The van der Waals surface area contributed by atoms with E-state index in [4.69, 9.17) is 5.11 Å². The summed E-state index contributed by atoms with van der Waals surface area (Å²) >= 11 is 0. The molecule has 0 atom stereocenters. The number of aryl methyl sites for hydroxylation is 1. The van der Waals surface area contributed by atoms with Gasteiger partial charge in [-0.2, -0.15) is 0 Å². The number of hydrogen-bond donors (Lipinski definition) is 1. The van der Waals surface area contributed by atoms with Crippen molar-refractivity contribution in [1.29, 1.82) is 0 Å². The summed E-state index contributed by atoms with van der Waals surface area (Å²) in [6, 6.07) is 19.2. The number of unbranched alkanes of at least 4 members (excludes halogenated alkanes) is 4. The second-order valence-corrected chi connectivity index (χ2v) is 5.72. The van der Waals surface area contributed by atoms with Crippen molar-refractivity contribution in [3.05, 3.63) is 60.2 Å². The Balaban J connectivity index is 1.68. The summed E-state index contributed by atoms with van der Waals surface area (Å²) in [5.74, 6) is -0.682. The first-order chi connectivity index (χ1) is 10.8. The second-order valence-electron chi connectivity index (χ2n) is 5.72. The molecule has 0 saturated carbocycles. The van der Waals surface area contributed by atoms with Gasteiger partial charge in [0, 0.05) is 6.42 Å². The average Bonchev–Trinajstić information content (AvgIpc) is 2.55. The molecule has 1 N–H and O–H groups in total. The van der Waals surface area contributed by atoms with Gasteiger partial charge in [-0.15, -0.1) is 0 Å². The Hall–Kier alpha value is -2.09. The molecule has 2 nitrogen and oxygen atoms in total. The van der Waals surface area contributed by atoms with E-state index >= 15 is 0 Å². The number of carbonyl (C=O) groups is 1. The molecule has 0 radical (unpaired) electrons. The molecule has 22 heavy (non-hydrogen) atoms. The lowest BCUT2D eigenvalue weighted by atomic mass is 10.0. The van der Waals surface area contributed by atoms with Gasteiger partial charge in [0.2, 0.25) is 0 Å². The quantitative estimate of drug-likeness (QED) is 0.636. The normalized spacial score (nSPS) is 10.5. The number of benzene rings is 2. The van der Waals surface area contributed by atoms with Crippen LogP contribution in [0.25, 0.3) is 11.1 Å². The van der Waals surface area contributed by atoms with E-state index in [1.54, 1.807) is 0 Å². The van der Waals surface area contributed by atoms with E-state index in [9.17, 15) is 4.79 Å². The molecule has 0 saturated heterocycles. The molecule has 116 valence electrons. The Bertz CT molecular complexity index is 558. The summed E-state index contributed by atoms with van der Waals surface area (Å²) in [7, 11) is 0. The van der Waals surface area contributed by atoms with Crippen LogP contribution in [0.3, 0.4) is 0 Å². The van der Waals surface area contributed by atoms with Gasteiger partial charge in [-0.1, -0.05) is 73.9 Å². The molecule has 0 aromatic heterocycles. The van der Waals surface area contributed by atoms with Gasteiger partial charge in [-0.3, -0.25) is 4.79 Å². The summed E-state index contributed by atoms with van der Waals surface area (Å²) in [5.41, 5.74) is 3.90. The van der Waals surface area contributed by atoms with Gasteiger partial charge in [0.15, 0.2) is 0 Å². The summed E-state index contributed by atoms with van der Waals surface area (Å²) in [6.45, 7) is 0. The smallest absolute Gasteiger partial charge is 0.303 e. The Labute approximate surface area is 132 Å². The highest BCUT2D eigenvalue weighted by Gasteiger charge is 1.99. The molecule has 0 heterocycles. The molecule has 2 aromatic carbocycles. The van der Waals surface area contributed by atoms with E-state index in [1.165, 1.54) is 29.5 Å². The van der Waals surface area contributed by atoms with Crippen molar-refractivity contribution in [2.75, 3.05) is 0 Å². The van der Waals surface area contributed by atoms with E-state index in [0.717, 1.165) is 25.7 Å². The number of hydrogen-bond acceptors (Lipinski definition) is 1. The lowest BCUT2D eigenvalue weighted by Gasteiger charge is -2.05. The lowest BCUT2D eigenvalue weighted by molar-refractivity contribution is -0.137. The van der Waals surface area contributed by atoms with Gasteiger partial charge in [-0.25, -0.2) is 0 Å². The largest absolute Gasteiger partial charge is 0.481 e. The fourth-order valence-electron chi connectivity index (χ4n) is 2.63.